The van der Waals surface area contributed by atoms with E-state index in [4.69, 9.17) is 11.6 Å². The number of benzene rings is 1. The van der Waals surface area contributed by atoms with Crippen LogP contribution in [0.5, 0.6) is 0 Å². The molecule has 5 aliphatic rings. The Hall–Kier alpha value is -2.35. The summed E-state index contributed by atoms with van der Waals surface area (Å²) in [6, 6.07) is 4.65. The standard InChI is InChI=1S/C23H29ClN4O4/c24-18-1-2-19(20(10-18)28(31)32)26-3-5-27(6-4-26)21(29)14-25-22(30)23-11-15-7-16(12-23)9-17(8-15)13-23/h1-2,10,15-17H,3-9,11-14H2,(H,25,30). The molecule has 9 heteroatoms. The fraction of sp³-hybridized carbons (Fsp3) is 0.652. The number of amides is 2. The van der Waals surface area contributed by atoms with Crippen LogP contribution in [0.15, 0.2) is 18.2 Å². The van der Waals surface area contributed by atoms with Crippen molar-refractivity contribution in [1.29, 1.82) is 0 Å². The molecule has 0 atom stereocenters. The summed E-state index contributed by atoms with van der Waals surface area (Å²) >= 11 is 5.91. The second kappa shape index (κ2) is 8.21. The molecule has 5 fully saturated rings. The molecule has 6 rings (SSSR count). The predicted molar refractivity (Wildman–Crippen MR) is 121 cm³/mol. The summed E-state index contributed by atoms with van der Waals surface area (Å²) in [5.74, 6) is 2.04. The van der Waals surface area contributed by atoms with Crippen molar-refractivity contribution in [1.82, 2.24) is 10.2 Å². The first-order valence-electron chi connectivity index (χ1n) is 11.6. The number of hydrogen-bond donors (Lipinski definition) is 1. The van der Waals surface area contributed by atoms with E-state index in [0.29, 0.717) is 54.6 Å². The van der Waals surface area contributed by atoms with Crippen LogP contribution in [-0.4, -0.2) is 54.4 Å². The van der Waals surface area contributed by atoms with Gasteiger partial charge in [-0.15, -0.1) is 0 Å². The second-order valence-corrected chi connectivity index (χ2v) is 10.6. The Morgan fingerprint density at radius 3 is 2.22 bits per heavy atom. The average Bonchev–Trinajstić information content (AvgIpc) is 2.76. The smallest absolute Gasteiger partial charge is 0.294 e. The summed E-state index contributed by atoms with van der Waals surface area (Å²) in [5.41, 5.74) is 0.239. The van der Waals surface area contributed by atoms with Gasteiger partial charge in [-0.05, 0) is 68.4 Å². The van der Waals surface area contributed by atoms with Gasteiger partial charge in [0.15, 0.2) is 0 Å². The topological polar surface area (TPSA) is 95.8 Å². The van der Waals surface area contributed by atoms with Gasteiger partial charge >= 0.3 is 0 Å². The molecule has 8 nitrogen and oxygen atoms in total. The Kier molecular flexibility index (Phi) is 5.51. The molecule has 0 aromatic heterocycles. The molecule has 172 valence electrons. The molecule has 0 unspecified atom stereocenters. The zero-order chi connectivity index (χ0) is 22.5. The monoisotopic (exact) mass is 460 g/mol. The van der Waals surface area contributed by atoms with Gasteiger partial charge in [0.1, 0.15) is 5.69 Å². The van der Waals surface area contributed by atoms with Crippen LogP contribution in [0.2, 0.25) is 5.02 Å². The largest absolute Gasteiger partial charge is 0.362 e. The number of halogens is 1. The van der Waals surface area contributed by atoms with E-state index in [1.54, 1.807) is 17.0 Å². The number of carbonyl (C=O) groups excluding carboxylic acids is 2. The molecular weight excluding hydrogens is 432 g/mol. The fourth-order valence-electron chi connectivity index (χ4n) is 6.95. The highest BCUT2D eigenvalue weighted by atomic mass is 35.5. The van der Waals surface area contributed by atoms with Crippen molar-refractivity contribution in [3.8, 4) is 0 Å². The van der Waals surface area contributed by atoms with Crippen LogP contribution >= 0.6 is 11.6 Å². The zero-order valence-electron chi connectivity index (χ0n) is 18.1. The third kappa shape index (κ3) is 3.93. The molecule has 1 heterocycles. The van der Waals surface area contributed by atoms with Crippen LogP contribution in [0.25, 0.3) is 0 Å². The minimum Gasteiger partial charge on any atom is -0.362 e. The number of hydrogen-bond acceptors (Lipinski definition) is 5. The summed E-state index contributed by atoms with van der Waals surface area (Å²) < 4.78 is 0. The van der Waals surface area contributed by atoms with Gasteiger partial charge in [-0.25, -0.2) is 0 Å². The molecule has 32 heavy (non-hydrogen) atoms. The molecule has 1 aliphatic heterocycles. The van der Waals surface area contributed by atoms with Crippen LogP contribution in [0.3, 0.4) is 0 Å². The Morgan fingerprint density at radius 1 is 1.06 bits per heavy atom. The lowest BCUT2D eigenvalue weighted by molar-refractivity contribution is -0.384. The molecule has 2 amide bonds. The third-order valence-corrected chi connectivity index (χ3v) is 8.26. The van der Waals surface area contributed by atoms with Crippen molar-refractivity contribution in [2.24, 2.45) is 23.2 Å². The molecule has 1 N–H and O–H groups in total. The van der Waals surface area contributed by atoms with E-state index in [0.717, 1.165) is 19.3 Å². The maximum absolute atomic E-state index is 13.1. The lowest BCUT2D eigenvalue weighted by atomic mass is 9.49. The number of nitro benzene ring substituents is 1. The molecule has 1 aromatic carbocycles. The third-order valence-electron chi connectivity index (χ3n) is 8.03. The molecule has 4 aliphatic carbocycles. The number of rotatable bonds is 5. The maximum Gasteiger partial charge on any atom is 0.294 e. The average molecular weight is 461 g/mol. The van der Waals surface area contributed by atoms with E-state index in [9.17, 15) is 19.7 Å². The van der Waals surface area contributed by atoms with Crippen molar-refractivity contribution >= 4 is 34.8 Å². The molecule has 4 bridgehead atoms. The first kappa shape index (κ1) is 21.5. The SMILES string of the molecule is O=C(CNC(=O)C12CC3CC(CC(C3)C1)C2)N1CCN(c2ccc(Cl)cc2[N+](=O)[O-])CC1. The van der Waals surface area contributed by atoms with Crippen LogP contribution in [-0.2, 0) is 9.59 Å². The van der Waals surface area contributed by atoms with E-state index >= 15 is 0 Å². The van der Waals surface area contributed by atoms with Crippen molar-refractivity contribution in [3.63, 3.8) is 0 Å². The summed E-state index contributed by atoms with van der Waals surface area (Å²) in [7, 11) is 0. The number of nitro groups is 1. The van der Waals surface area contributed by atoms with Gasteiger partial charge in [0.25, 0.3) is 5.69 Å². The Bertz CT molecular complexity index is 909. The van der Waals surface area contributed by atoms with E-state index in [1.165, 1.54) is 25.3 Å². The molecule has 1 aromatic rings. The zero-order valence-corrected chi connectivity index (χ0v) is 18.9. The molecule has 1 saturated heterocycles. The van der Waals surface area contributed by atoms with Gasteiger partial charge in [0, 0.05) is 42.7 Å². The Balaban J connectivity index is 1.15. The van der Waals surface area contributed by atoms with Crippen molar-refractivity contribution in [3.05, 3.63) is 33.3 Å². The van der Waals surface area contributed by atoms with E-state index in [1.807, 2.05) is 4.90 Å². The Labute approximate surface area is 192 Å². The van der Waals surface area contributed by atoms with Crippen molar-refractivity contribution < 1.29 is 14.5 Å². The molecule has 4 saturated carbocycles. The number of nitrogens with one attached hydrogen (secondary N) is 1. The van der Waals surface area contributed by atoms with Gasteiger partial charge in [-0.2, -0.15) is 0 Å². The normalized spacial score (nSPS) is 31.0. The number of carbonyl (C=O) groups is 2. The minimum absolute atomic E-state index is 0.0277. The highest BCUT2D eigenvalue weighted by molar-refractivity contribution is 6.30. The number of nitrogens with zero attached hydrogens (tertiary/aromatic N) is 3. The van der Waals surface area contributed by atoms with E-state index in [-0.39, 0.29) is 29.5 Å². The number of anilines is 1. The highest BCUT2D eigenvalue weighted by Crippen LogP contribution is 2.60. The quantitative estimate of drug-likeness (QED) is 0.537. The van der Waals surface area contributed by atoms with Crippen molar-refractivity contribution in [2.75, 3.05) is 37.6 Å². The van der Waals surface area contributed by atoms with Gasteiger partial charge in [-0.3, -0.25) is 19.7 Å². The molecular formula is C23H29ClN4O4. The summed E-state index contributed by atoms with van der Waals surface area (Å²) in [6.45, 7) is 1.95. The van der Waals surface area contributed by atoms with Crippen LogP contribution in [0.4, 0.5) is 11.4 Å². The minimum atomic E-state index is -0.432. The molecule has 0 spiro atoms. The fourth-order valence-corrected chi connectivity index (χ4v) is 7.12. The summed E-state index contributed by atoms with van der Waals surface area (Å²) in [4.78, 5) is 40.4. The lowest BCUT2D eigenvalue weighted by Gasteiger charge is -2.55. The van der Waals surface area contributed by atoms with Gasteiger partial charge in [0.2, 0.25) is 11.8 Å². The maximum atomic E-state index is 13.1. The lowest BCUT2D eigenvalue weighted by Crippen LogP contribution is -2.56. The van der Waals surface area contributed by atoms with Crippen molar-refractivity contribution in [2.45, 2.75) is 38.5 Å². The predicted octanol–water partition coefficient (Wildman–Crippen LogP) is 3.23. The second-order valence-electron chi connectivity index (χ2n) is 10.1. The first-order chi connectivity index (χ1) is 15.3. The summed E-state index contributed by atoms with van der Waals surface area (Å²) in [6.07, 6.45) is 6.79. The first-order valence-corrected chi connectivity index (χ1v) is 12.0. The van der Waals surface area contributed by atoms with Crippen LogP contribution < -0.4 is 10.2 Å². The van der Waals surface area contributed by atoms with Gasteiger partial charge in [-0.1, -0.05) is 11.6 Å². The van der Waals surface area contributed by atoms with Crippen LogP contribution in [0.1, 0.15) is 38.5 Å². The van der Waals surface area contributed by atoms with Crippen LogP contribution in [0, 0.1) is 33.3 Å². The van der Waals surface area contributed by atoms with Gasteiger partial charge in [0.05, 0.1) is 11.5 Å². The van der Waals surface area contributed by atoms with E-state index in [2.05, 4.69) is 5.32 Å². The summed E-state index contributed by atoms with van der Waals surface area (Å²) in [5, 5.41) is 14.7. The highest BCUT2D eigenvalue weighted by Gasteiger charge is 2.54. The molecule has 0 radical (unpaired) electrons. The number of piperazine rings is 1. The van der Waals surface area contributed by atoms with E-state index < -0.39 is 4.92 Å². The Morgan fingerprint density at radius 2 is 1.66 bits per heavy atom. The van der Waals surface area contributed by atoms with Gasteiger partial charge < -0.3 is 15.1 Å².